The molecule has 20 heavy (non-hydrogen) atoms. The molecular formula is C16H22N4. The maximum atomic E-state index is 4.42. The number of nitrogens with zero attached hydrogens (tertiary/aromatic N) is 3. The van der Waals surface area contributed by atoms with Gasteiger partial charge in [-0.1, -0.05) is 19.1 Å². The zero-order valence-electron chi connectivity index (χ0n) is 12.2. The van der Waals surface area contributed by atoms with Gasteiger partial charge in [-0.25, -0.2) is 4.98 Å². The zero-order chi connectivity index (χ0) is 13.9. The van der Waals surface area contributed by atoms with E-state index >= 15 is 0 Å². The minimum Gasteiger partial charge on any atom is -0.362 e. The summed E-state index contributed by atoms with van der Waals surface area (Å²) in [6.45, 7) is 5.17. The molecule has 0 saturated heterocycles. The van der Waals surface area contributed by atoms with Crippen molar-refractivity contribution in [2.75, 3.05) is 18.5 Å². The second kappa shape index (κ2) is 5.67. The molecule has 1 N–H and O–H groups in total. The van der Waals surface area contributed by atoms with Gasteiger partial charge in [0.15, 0.2) is 0 Å². The van der Waals surface area contributed by atoms with E-state index in [0.717, 1.165) is 31.9 Å². The summed E-state index contributed by atoms with van der Waals surface area (Å²) in [6, 6.07) is 9.38. The fourth-order valence-corrected chi connectivity index (χ4v) is 2.92. The van der Waals surface area contributed by atoms with Crippen molar-refractivity contribution >= 4 is 5.69 Å². The zero-order valence-corrected chi connectivity index (χ0v) is 12.2. The molecule has 3 rings (SSSR count). The van der Waals surface area contributed by atoms with E-state index in [-0.39, 0.29) is 0 Å². The van der Waals surface area contributed by atoms with Crippen LogP contribution in [0.1, 0.15) is 30.8 Å². The van der Waals surface area contributed by atoms with Crippen LogP contribution in [0.25, 0.3) is 0 Å². The lowest BCUT2D eigenvalue weighted by Crippen LogP contribution is -2.33. The van der Waals surface area contributed by atoms with Gasteiger partial charge in [0, 0.05) is 37.2 Å². The minimum atomic E-state index is 0.448. The Bertz CT molecular complexity index is 554. The normalized spacial score (nSPS) is 16.0. The monoisotopic (exact) mass is 270 g/mol. The Kier molecular flexibility index (Phi) is 3.74. The summed E-state index contributed by atoms with van der Waals surface area (Å²) in [5, 5.41) is 3.35. The highest BCUT2D eigenvalue weighted by Crippen LogP contribution is 2.23. The van der Waals surface area contributed by atoms with E-state index in [1.165, 1.54) is 11.3 Å². The minimum absolute atomic E-state index is 0.448. The maximum absolute atomic E-state index is 4.42. The molecule has 1 aliphatic heterocycles. The highest BCUT2D eigenvalue weighted by Gasteiger charge is 2.17. The van der Waals surface area contributed by atoms with Crippen LogP contribution in [0.4, 0.5) is 5.69 Å². The second-order valence-corrected chi connectivity index (χ2v) is 5.30. The van der Waals surface area contributed by atoms with Crippen LogP contribution in [-0.4, -0.2) is 23.1 Å². The van der Waals surface area contributed by atoms with Gasteiger partial charge in [0.1, 0.15) is 5.82 Å². The van der Waals surface area contributed by atoms with Crippen molar-refractivity contribution in [1.82, 2.24) is 14.9 Å². The highest BCUT2D eigenvalue weighted by molar-refractivity contribution is 5.48. The molecule has 0 saturated carbocycles. The summed E-state index contributed by atoms with van der Waals surface area (Å²) in [6.07, 6.45) is 5.06. The summed E-state index contributed by atoms with van der Waals surface area (Å²) in [7, 11) is 2.02. The highest BCUT2D eigenvalue weighted by atomic mass is 15.2. The molecule has 0 bridgehead atoms. The van der Waals surface area contributed by atoms with Gasteiger partial charge in [0.05, 0.1) is 6.54 Å². The van der Waals surface area contributed by atoms with E-state index in [0.29, 0.717) is 6.04 Å². The van der Waals surface area contributed by atoms with Crippen LogP contribution < -0.4 is 10.2 Å². The molecule has 0 amide bonds. The van der Waals surface area contributed by atoms with Crippen molar-refractivity contribution in [1.29, 1.82) is 0 Å². The van der Waals surface area contributed by atoms with Crippen molar-refractivity contribution in [3.63, 3.8) is 0 Å². The summed E-state index contributed by atoms with van der Waals surface area (Å²) >= 11 is 0. The van der Waals surface area contributed by atoms with Gasteiger partial charge in [-0.05, 0) is 31.2 Å². The maximum Gasteiger partial charge on any atom is 0.128 e. The van der Waals surface area contributed by atoms with Crippen molar-refractivity contribution in [3.8, 4) is 0 Å². The Labute approximate surface area is 120 Å². The third-order valence-corrected chi connectivity index (χ3v) is 4.16. The predicted molar refractivity (Wildman–Crippen MR) is 81.8 cm³/mol. The number of hydrogen-bond donors (Lipinski definition) is 1. The summed E-state index contributed by atoms with van der Waals surface area (Å²) in [5.41, 5.74) is 2.64. The van der Waals surface area contributed by atoms with Gasteiger partial charge in [0.2, 0.25) is 0 Å². The molecule has 4 heteroatoms. The average molecular weight is 270 g/mol. The fourth-order valence-electron chi connectivity index (χ4n) is 2.92. The summed E-state index contributed by atoms with van der Waals surface area (Å²) < 4.78 is 2.24. The van der Waals surface area contributed by atoms with Crippen LogP contribution >= 0.6 is 0 Å². The molecule has 0 spiro atoms. The number of nitrogens with one attached hydrogen (secondary N) is 1. The van der Waals surface area contributed by atoms with Crippen molar-refractivity contribution in [2.45, 2.75) is 32.5 Å². The average Bonchev–Trinajstić information content (AvgIpc) is 2.96. The molecule has 2 heterocycles. The predicted octanol–water partition coefficient (Wildman–Crippen LogP) is 2.57. The second-order valence-electron chi connectivity index (χ2n) is 5.30. The van der Waals surface area contributed by atoms with Crippen LogP contribution in [0.2, 0.25) is 0 Å². The lowest BCUT2D eigenvalue weighted by Gasteiger charge is -2.30. The van der Waals surface area contributed by atoms with Crippen LogP contribution in [0.5, 0.6) is 0 Å². The standard InChI is InChI=1S/C16H22N4/c1-3-15(17-2)13-4-6-14(7-5-13)20-11-10-19-9-8-18-16(19)12-20/h4-9,15,17H,3,10-12H2,1-2H3. The molecule has 1 aromatic heterocycles. The Morgan fingerprint density at radius 1 is 1.25 bits per heavy atom. The Morgan fingerprint density at radius 2 is 2.05 bits per heavy atom. The molecule has 1 unspecified atom stereocenters. The Balaban J connectivity index is 1.75. The lowest BCUT2D eigenvalue weighted by molar-refractivity contribution is 0.559. The molecule has 106 valence electrons. The quantitative estimate of drug-likeness (QED) is 0.927. The SMILES string of the molecule is CCC(NC)c1ccc(N2CCn3ccnc3C2)cc1. The number of fused-ring (bicyclic) bond motifs is 1. The number of hydrogen-bond acceptors (Lipinski definition) is 3. The number of imidazole rings is 1. The molecule has 1 aromatic carbocycles. The molecule has 4 nitrogen and oxygen atoms in total. The first-order valence-corrected chi connectivity index (χ1v) is 7.34. The first-order chi connectivity index (χ1) is 9.81. The van der Waals surface area contributed by atoms with Crippen LogP contribution in [0, 0.1) is 0 Å². The topological polar surface area (TPSA) is 33.1 Å². The van der Waals surface area contributed by atoms with Crippen LogP contribution in [-0.2, 0) is 13.1 Å². The van der Waals surface area contributed by atoms with Crippen molar-refractivity contribution < 1.29 is 0 Å². The molecule has 0 aliphatic carbocycles. The Morgan fingerprint density at radius 3 is 2.75 bits per heavy atom. The van der Waals surface area contributed by atoms with E-state index in [9.17, 15) is 0 Å². The largest absolute Gasteiger partial charge is 0.362 e. The van der Waals surface area contributed by atoms with Crippen molar-refractivity contribution in [3.05, 3.63) is 48.0 Å². The molecule has 0 radical (unpaired) electrons. The van der Waals surface area contributed by atoms with Crippen molar-refractivity contribution in [2.24, 2.45) is 0 Å². The number of aromatic nitrogens is 2. The van der Waals surface area contributed by atoms with E-state index < -0.39 is 0 Å². The van der Waals surface area contributed by atoms with Gasteiger partial charge < -0.3 is 14.8 Å². The van der Waals surface area contributed by atoms with Crippen LogP contribution in [0.3, 0.4) is 0 Å². The lowest BCUT2D eigenvalue weighted by atomic mass is 10.0. The van der Waals surface area contributed by atoms with Crippen LogP contribution in [0.15, 0.2) is 36.7 Å². The number of anilines is 1. The molecular weight excluding hydrogens is 248 g/mol. The summed E-state index contributed by atoms with van der Waals surface area (Å²) in [4.78, 5) is 6.81. The van der Waals surface area contributed by atoms with E-state index in [1.54, 1.807) is 0 Å². The molecule has 1 atom stereocenters. The number of benzene rings is 1. The first kappa shape index (κ1) is 13.2. The van der Waals surface area contributed by atoms with E-state index in [1.807, 2.05) is 13.2 Å². The Hall–Kier alpha value is -1.81. The fraction of sp³-hybridized carbons (Fsp3) is 0.438. The third-order valence-electron chi connectivity index (χ3n) is 4.16. The first-order valence-electron chi connectivity index (χ1n) is 7.34. The van der Waals surface area contributed by atoms with Gasteiger partial charge in [-0.2, -0.15) is 0 Å². The number of rotatable bonds is 4. The van der Waals surface area contributed by atoms with Gasteiger partial charge in [0.25, 0.3) is 0 Å². The summed E-state index contributed by atoms with van der Waals surface area (Å²) in [5.74, 6) is 1.15. The smallest absolute Gasteiger partial charge is 0.128 e. The van der Waals surface area contributed by atoms with Gasteiger partial charge in [-0.15, -0.1) is 0 Å². The van der Waals surface area contributed by atoms with Gasteiger partial charge in [-0.3, -0.25) is 0 Å². The molecule has 0 fully saturated rings. The van der Waals surface area contributed by atoms with E-state index in [4.69, 9.17) is 0 Å². The molecule has 1 aliphatic rings. The van der Waals surface area contributed by atoms with E-state index in [2.05, 4.69) is 57.2 Å². The molecule has 2 aromatic rings. The third kappa shape index (κ3) is 2.43. The van der Waals surface area contributed by atoms with Gasteiger partial charge >= 0.3 is 0 Å².